The number of nitrogens with zero attached hydrogens (tertiary/aromatic N) is 1. The standard InChI is InChI=1S/C16H13N3O3S/c1-9-4-5-11(15(21)22)12(7-9)18-16-19-14(20)13(23-16)8-10-3-2-6-17-10/h2-8,17H,1H3,(H,21,22)(H,18,19,20)/b13-8-. The van der Waals surface area contributed by atoms with Crippen molar-refractivity contribution < 1.29 is 14.7 Å². The molecule has 7 heteroatoms. The number of amidine groups is 1. The highest BCUT2D eigenvalue weighted by molar-refractivity contribution is 8.18. The molecule has 2 aromatic rings. The van der Waals surface area contributed by atoms with E-state index in [2.05, 4.69) is 15.3 Å². The minimum atomic E-state index is -1.05. The number of aromatic carboxylic acids is 1. The van der Waals surface area contributed by atoms with Gasteiger partial charge in [0.05, 0.1) is 16.2 Å². The molecular formula is C16H13N3O3S. The van der Waals surface area contributed by atoms with E-state index in [4.69, 9.17) is 0 Å². The molecule has 0 aliphatic carbocycles. The van der Waals surface area contributed by atoms with Gasteiger partial charge in [-0.1, -0.05) is 6.07 Å². The van der Waals surface area contributed by atoms with Crippen LogP contribution in [0.15, 0.2) is 46.4 Å². The van der Waals surface area contributed by atoms with Crippen LogP contribution in [0, 0.1) is 6.92 Å². The van der Waals surface area contributed by atoms with Crippen molar-refractivity contribution in [2.45, 2.75) is 6.92 Å². The lowest BCUT2D eigenvalue weighted by atomic mass is 10.1. The fourth-order valence-electron chi connectivity index (χ4n) is 2.08. The summed E-state index contributed by atoms with van der Waals surface area (Å²) in [5.41, 5.74) is 2.12. The SMILES string of the molecule is Cc1ccc(C(=O)O)c(N=C2NC(=O)/C(=C/c3ccc[nH]3)S2)c1. The minimum absolute atomic E-state index is 0.0970. The summed E-state index contributed by atoms with van der Waals surface area (Å²) in [5.74, 6) is -1.31. The van der Waals surface area contributed by atoms with E-state index in [1.54, 1.807) is 24.4 Å². The van der Waals surface area contributed by atoms with Crippen molar-refractivity contribution in [2.75, 3.05) is 0 Å². The maximum atomic E-state index is 12.0. The van der Waals surface area contributed by atoms with Crippen LogP contribution in [-0.2, 0) is 4.79 Å². The largest absolute Gasteiger partial charge is 0.478 e. The molecule has 1 saturated heterocycles. The molecule has 1 aromatic heterocycles. The number of aromatic nitrogens is 1. The van der Waals surface area contributed by atoms with Crippen LogP contribution in [0.5, 0.6) is 0 Å². The van der Waals surface area contributed by atoms with Crippen LogP contribution in [0.3, 0.4) is 0 Å². The molecule has 1 aliphatic heterocycles. The highest BCUT2D eigenvalue weighted by atomic mass is 32.2. The first-order chi connectivity index (χ1) is 11.0. The second kappa shape index (κ2) is 6.13. The summed E-state index contributed by atoms with van der Waals surface area (Å²) in [6.07, 6.45) is 3.49. The molecule has 0 radical (unpaired) electrons. The van der Waals surface area contributed by atoms with Crippen molar-refractivity contribution in [2.24, 2.45) is 4.99 Å². The van der Waals surface area contributed by atoms with Gasteiger partial charge in [0.1, 0.15) is 0 Å². The Labute approximate surface area is 136 Å². The average molecular weight is 327 g/mol. The first kappa shape index (κ1) is 15.1. The van der Waals surface area contributed by atoms with Crippen LogP contribution in [-0.4, -0.2) is 27.1 Å². The molecule has 0 saturated carbocycles. The predicted octanol–water partition coefficient (Wildman–Crippen LogP) is 2.91. The number of amides is 1. The first-order valence-electron chi connectivity index (χ1n) is 6.80. The molecule has 23 heavy (non-hydrogen) atoms. The van der Waals surface area contributed by atoms with E-state index in [0.29, 0.717) is 15.8 Å². The molecule has 1 amide bonds. The average Bonchev–Trinajstić information content (AvgIpc) is 3.10. The van der Waals surface area contributed by atoms with Gasteiger partial charge in [-0.25, -0.2) is 9.79 Å². The summed E-state index contributed by atoms with van der Waals surface area (Å²) in [4.78, 5) is 31.0. The Balaban J connectivity index is 1.92. The van der Waals surface area contributed by atoms with E-state index in [9.17, 15) is 14.7 Å². The lowest BCUT2D eigenvalue weighted by Crippen LogP contribution is -2.19. The van der Waals surface area contributed by atoms with Gasteiger partial charge in [0.15, 0.2) is 5.17 Å². The number of thioether (sulfide) groups is 1. The summed E-state index contributed by atoms with van der Waals surface area (Å²) >= 11 is 1.18. The number of rotatable bonds is 3. The number of hydrogen-bond donors (Lipinski definition) is 3. The van der Waals surface area contributed by atoms with Crippen molar-refractivity contribution >= 4 is 40.6 Å². The fourth-order valence-corrected chi connectivity index (χ4v) is 2.91. The predicted molar refractivity (Wildman–Crippen MR) is 89.7 cm³/mol. The van der Waals surface area contributed by atoms with Crippen molar-refractivity contribution in [1.82, 2.24) is 10.3 Å². The Hall–Kier alpha value is -2.80. The van der Waals surface area contributed by atoms with Crippen molar-refractivity contribution in [3.63, 3.8) is 0 Å². The number of benzene rings is 1. The van der Waals surface area contributed by atoms with Gasteiger partial charge in [-0.3, -0.25) is 4.79 Å². The van der Waals surface area contributed by atoms with Crippen LogP contribution < -0.4 is 5.32 Å². The Morgan fingerprint density at radius 1 is 1.35 bits per heavy atom. The number of aromatic amines is 1. The highest BCUT2D eigenvalue weighted by Gasteiger charge is 2.24. The molecule has 1 aliphatic rings. The summed E-state index contributed by atoms with van der Waals surface area (Å²) in [7, 11) is 0. The molecule has 0 atom stereocenters. The van der Waals surface area contributed by atoms with Crippen LogP contribution >= 0.6 is 11.8 Å². The number of carboxylic acid groups (broad SMARTS) is 1. The summed E-state index contributed by atoms with van der Waals surface area (Å²) in [6, 6.07) is 8.58. The van der Waals surface area contributed by atoms with Crippen molar-refractivity contribution in [1.29, 1.82) is 0 Å². The Morgan fingerprint density at radius 2 is 2.17 bits per heavy atom. The van der Waals surface area contributed by atoms with Gasteiger partial charge in [-0.2, -0.15) is 0 Å². The number of aryl methyl sites for hydroxylation is 1. The molecule has 1 fully saturated rings. The zero-order valence-corrected chi connectivity index (χ0v) is 13.0. The monoisotopic (exact) mass is 327 g/mol. The number of H-pyrrole nitrogens is 1. The molecule has 0 spiro atoms. The lowest BCUT2D eigenvalue weighted by molar-refractivity contribution is -0.115. The van der Waals surface area contributed by atoms with Gasteiger partial charge in [0.25, 0.3) is 5.91 Å². The van der Waals surface area contributed by atoms with Crippen LogP contribution in [0.4, 0.5) is 5.69 Å². The van der Waals surface area contributed by atoms with Crippen LogP contribution in [0.2, 0.25) is 0 Å². The molecule has 116 valence electrons. The second-order valence-electron chi connectivity index (χ2n) is 4.93. The number of carbonyl (C=O) groups excluding carboxylic acids is 1. The maximum absolute atomic E-state index is 12.0. The molecule has 6 nitrogen and oxygen atoms in total. The van der Waals surface area contributed by atoms with Crippen LogP contribution in [0.25, 0.3) is 6.08 Å². The molecule has 1 aromatic carbocycles. The Morgan fingerprint density at radius 3 is 2.87 bits per heavy atom. The van der Waals surface area contributed by atoms with Crippen molar-refractivity contribution in [3.05, 3.63) is 58.3 Å². The van der Waals surface area contributed by atoms with E-state index in [1.807, 2.05) is 19.1 Å². The number of nitrogens with one attached hydrogen (secondary N) is 2. The number of carboxylic acids is 1. The fraction of sp³-hybridized carbons (Fsp3) is 0.0625. The molecular weight excluding hydrogens is 314 g/mol. The highest BCUT2D eigenvalue weighted by Crippen LogP contribution is 2.29. The van der Waals surface area contributed by atoms with E-state index in [0.717, 1.165) is 11.3 Å². The summed E-state index contributed by atoms with van der Waals surface area (Å²) in [5, 5.41) is 12.2. The van der Waals surface area contributed by atoms with Crippen molar-refractivity contribution in [3.8, 4) is 0 Å². The smallest absolute Gasteiger partial charge is 0.337 e. The van der Waals surface area contributed by atoms with Gasteiger partial charge in [0.2, 0.25) is 0 Å². The summed E-state index contributed by atoms with van der Waals surface area (Å²) < 4.78 is 0. The van der Waals surface area contributed by atoms with Crippen LogP contribution in [0.1, 0.15) is 21.6 Å². The molecule has 0 unspecified atom stereocenters. The van der Waals surface area contributed by atoms with E-state index in [1.165, 1.54) is 17.8 Å². The van der Waals surface area contributed by atoms with Gasteiger partial charge < -0.3 is 15.4 Å². The molecule has 3 rings (SSSR count). The quantitative estimate of drug-likeness (QED) is 0.755. The van der Waals surface area contributed by atoms with E-state index >= 15 is 0 Å². The minimum Gasteiger partial charge on any atom is -0.478 e. The third kappa shape index (κ3) is 3.35. The molecule has 3 N–H and O–H groups in total. The van der Waals surface area contributed by atoms with Gasteiger partial charge in [-0.05, 0) is 54.6 Å². The Bertz CT molecular complexity index is 838. The number of hydrogen-bond acceptors (Lipinski definition) is 4. The second-order valence-corrected chi connectivity index (χ2v) is 5.96. The maximum Gasteiger partial charge on any atom is 0.337 e. The van der Waals surface area contributed by atoms with Gasteiger partial charge in [-0.15, -0.1) is 0 Å². The third-order valence-electron chi connectivity index (χ3n) is 3.17. The topological polar surface area (TPSA) is 94.5 Å². The normalized spacial score (nSPS) is 17.7. The number of carbonyl (C=O) groups is 2. The van der Waals surface area contributed by atoms with Gasteiger partial charge >= 0.3 is 5.97 Å². The first-order valence-corrected chi connectivity index (χ1v) is 7.61. The van der Waals surface area contributed by atoms with E-state index in [-0.39, 0.29) is 11.5 Å². The van der Waals surface area contributed by atoms with Gasteiger partial charge in [0, 0.05) is 11.9 Å². The third-order valence-corrected chi connectivity index (χ3v) is 4.07. The molecule has 0 bridgehead atoms. The zero-order valence-electron chi connectivity index (χ0n) is 12.2. The van der Waals surface area contributed by atoms with E-state index < -0.39 is 5.97 Å². The lowest BCUT2D eigenvalue weighted by Gasteiger charge is -2.03. The zero-order chi connectivity index (χ0) is 16.4. The Kier molecular flexibility index (Phi) is 4.03. The molecule has 2 heterocycles. The number of aliphatic imine (C=N–C) groups is 1. The summed E-state index contributed by atoms with van der Waals surface area (Å²) in [6.45, 7) is 1.85.